The van der Waals surface area contributed by atoms with Crippen molar-refractivity contribution >= 4 is 0 Å². The maximum Gasteiger partial charge on any atom is 0.287 e. The van der Waals surface area contributed by atoms with Crippen molar-refractivity contribution in [3.8, 4) is 5.69 Å². The molecule has 0 aliphatic rings. The average molecular weight is 223 g/mol. The molecule has 3 nitrogen and oxygen atoms in total. The first kappa shape index (κ1) is 10.8. The van der Waals surface area contributed by atoms with E-state index in [1.165, 1.54) is 16.9 Å². The van der Waals surface area contributed by atoms with Gasteiger partial charge >= 0.3 is 0 Å². The predicted octanol–water partition coefficient (Wildman–Crippen LogP) is 1.92. The van der Waals surface area contributed by atoms with Gasteiger partial charge in [-0.15, -0.1) is 0 Å². The Bertz CT molecular complexity index is 466. The highest BCUT2D eigenvalue weighted by atomic mass is 19.3. The molecule has 16 heavy (non-hydrogen) atoms. The summed E-state index contributed by atoms with van der Waals surface area (Å²) >= 11 is 0. The molecular formula is C11H11F2N3. The third kappa shape index (κ3) is 1.81. The van der Waals surface area contributed by atoms with Crippen molar-refractivity contribution in [1.29, 1.82) is 0 Å². The lowest BCUT2D eigenvalue weighted by Gasteiger charge is -2.17. The molecule has 84 valence electrons. The molecule has 1 aromatic heterocycles. The first-order chi connectivity index (χ1) is 7.65. The highest BCUT2D eigenvalue weighted by Crippen LogP contribution is 2.30. The average Bonchev–Trinajstić information content (AvgIpc) is 2.82. The monoisotopic (exact) mass is 223 g/mol. The van der Waals surface area contributed by atoms with Crippen molar-refractivity contribution < 1.29 is 8.78 Å². The zero-order valence-corrected chi connectivity index (χ0v) is 8.48. The van der Waals surface area contributed by atoms with Crippen LogP contribution in [0.3, 0.4) is 0 Å². The molecule has 0 radical (unpaired) electrons. The number of nitrogens with two attached hydrogens (primary N) is 1. The Morgan fingerprint density at radius 2 is 2.00 bits per heavy atom. The van der Waals surface area contributed by atoms with Crippen LogP contribution in [0.5, 0.6) is 0 Å². The molecular weight excluding hydrogens is 212 g/mol. The van der Waals surface area contributed by atoms with Gasteiger partial charge in [0.05, 0.1) is 12.2 Å². The van der Waals surface area contributed by atoms with Crippen LogP contribution in [0.2, 0.25) is 0 Å². The van der Waals surface area contributed by atoms with Crippen molar-refractivity contribution in [2.45, 2.75) is 5.92 Å². The van der Waals surface area contributed by atoms with Gasteiger partial charge in [0.25, 0.3) is 5.92 Å². The molecule has 0 atom stereocenters. The van der Waals surface area contributed by atoms with Crippen molar-refractivity contribution in [1.82, 2.24) is 9.78 Å². The van der Waals surface area contributed by atoms with Crippen LogP contribution < -0.4 is 5.73 Å². The minimum absolute atomic E-state index is 0.110. The Kier molecular flexibility index (Phi) is 2.70. The van der Waals surface area contributed by atoms with Crippen molar-refractivity contribution in [2.75, 3.05) is 6.54 Å². The Balaban J connectivity index is 2.55. The van der Waals surface area contributed by atoms with E-state index in [-0.39, 0.29) is 5.56 Å². The summed E-state index contributed by atoms with van der Waals surface area (Å²) in [5.41, 5.74) is 5.32. The molecule has 0 saturated carbocycles. The van der Waals surface area contributed by atoms with Crippen LogP contribution in [0.1, 0.15) is 5.56 Å². The van der Waals surface area contributed by atoms with Crippen LogP contribution in [0.25, 0.3) is 5.69 Å². The number of hydrogen-bond donors (Lipinski definition) is 1. The van der Waals surface area contributed by atoms with E-state index in [0.29, 0.717) is 5.69 Å². The molecule has 2 aromatic rings. The van der Waals surface area contributed by atoms with Crippen LogP contribution in [0.15, 0.2) is 42.7 Å². The van der Waals surface area contributed by atoms with Crippen LogP contribution in [0, 0.1) is 0 Å². The molecule has 0 spiro atoms. The second-order valence-electron chi connectivity index (χ2n) is 3.38. The number of benzene rings is 1. The molecule has 0 aliphatic carbocycles. The quantitative estimate of drug-likeness (QED) is 0.863. The summed E-state index contributed by atoms with van der Waals surface area (Å²) in [6.07, 6.45) is 3.16. The van der Waals surface area contributed by atoms with E-state index in [0.717, 1.165) is 0 Å². The summed E-state index contributed by atoms with van der Waals surface area (Å²) in [5.74, 6) is -3.04. The Labute approximate surface area is 91.5 Å². The maximum absolute atomic E-state index is 13.6. The molecule has 2 rings (SSSR count). The fourth-order valence-electron chi connectivity index (χ4n) is 1.50. The van der Waals surface area contributed by atoms with Gasteiger partial charge in [0, 0.05) is 18.0 Å². The van der Waals surface area contributed by atoms with Gasteiger partial charge in [0.15, 0.2) is 0 Å². The largest absolute Gasteiger partial charge is 0.325 e. The summed E-state index contributed by atoms with van der Waals surface area (Å²) in [6, 6.07) is 7.88. The number of aromatic nitrogens is 2. The number of rotatable bonds is 3. The van der Waals surface area contributed by atoms with Crippen molar-refractivity contribution in [2.24, 2.45) is 5.73 Å². The molecule has 0 unspecified atom stereocenters. The van der Waals surface area contributed by atoms with Gasteiger partial charge in [-0.25, -0.2) is 4.68 Å². The zero-order chi connectivity index (χ0) is 11.6. The van der Waals surface area contributed by atoms with Crippen LogP contribution in [-0.2, 0) is 5.92 Å². The molecule has 1 aromatic carbocycles. The lowest BCUT2D eigenvalue weighted by atomic mass is 10.1. The number of nitrogens with zero attached hydrogens (tertiary/aromatic N) is 2. The summed E-state index contributed by atoms with van der Waals surface area (Å²) in [7, 11) is 0. The number of para-hydroxylation sites is 1. The Hall–Kier alpha value is -1.75. The highest BCUT2D eigenvalue weighted by Gasteiger charge is 2.32. The van der Waals surface area contributed by atoms with Gasteiger partial charge in [0.1, 0.15) is 0 Å². The minimum Gasteiger partial charge on any atom is -0.325 e. The molecule has 0 bridgehead atoms. The van der Waals surface area contributed by atoms with Gasteiger partial charge in [-0.2, -0.15) is 13.9 Å². The van der Waals surface area contributed by atoms with Crippen LogP contribution in [-0.4, -0.2) is 16.3 Å². The van der Waals surface area contributed by atoms with E-state index in [2.05, 4.69) is 5.10 Å². The van der Waals surface area contributed by atoms with Gasteiger partial charge in [-0.1, -0.05) is 18.2 Å². The Morgan fingerprint density at radius 1 is 1.25 bits per heavy atom. The highest BCUT2D eigenvalue weighted by molar-refractivity contribution is 5.43. The van der Waals surface area contributed by atoms with Gasteiger partial charge in [-0.3, -0.25) is 0 Å². The molecule has 5 heteroatoms. The standard InChI is InChI=1S/C11H11F2N3/c12-11(13,8-14)9-4-1-2-5-10(9)16-7-3-6-15-16/h1-7H,8,14H2. The van der Waals surface area contributed by atoms with Gasteiger partial charge in [-0.05, 0) is 12.1 Å². The van der Waals surface area contributed by atoms with Crippen molar-refractivity contribution in [3.05, 3.63) is 48.3 Å². The normalized spacial score (nSPS) is 11.7. The molecule has 0 fully saturated rings. The Morgan fingerprint density at radius 3 is 2.62 bits per heavy atom. The third-order valence-corrected chi connectivity index (χ3v) is 2.31. The van der Waals surface area contributed by atoms with E-state index in [9.17, 15) is 8.78 Å². The fraction of sp³-hybridized carbons (Fsp3) is 0.182. The molecule has 0 amide bonds. The van der Waals surface area contributed by atoms with Crippen LogP contribution in [0.4, 0.5) is 8.78 Å². The lowest BCUT2D eigenvalue weighted by molar-refractivity contribution is 0.00586. The predicted molar refractivity (Wildman–Crippen MR) is 56.5 cm³/mol. The maximum atomic E-state index is 13.6. The first-order valence-electron chi connectivity index (χ1n) is 4.82. The van der Waals surface area contributed by atoms with Gasteiger partial charge < -0.3 is 5.73 Å². The van der Waals surface area contributed by atoms with E-state index in [4.69, 9.17) is 5.73 Å². The van der Waals surface area contributed by atoms with E-state index >= 15 is 0 Å². The topological polar surface area (TPSA) is 43.8 Å². The molecule has 0 saturated heterocycles. The lowest BCUT2D eigenvalue weighted by Crippen LogP contribution is -2.26. The summed E-state index contributed by atoms with van der Waals surface area (Å²) in [5, 5.41) is 3.94. The van der Waals surface area contributed by atoms with E-state index in [1.807, 2.05) is 0 Å². The zero-order valence-electron chi connectivity index (χ0n) is 8.48. The molecule has 1 heterocycles. The number of alkyl halides is 2. The van der Waals surface area contributed by atoms with E-state index in [1.54, 1.807) is 30.5 Å². The van der Waals surface area contributed by atoms with Gasteiger partial charge in [0.2, 0.25) is 0 Å². The first-order valence-corrected chi connectivity index (χ1v) is 4.82. The van der Waals surface area contributed by atoms with Crippen molar-refractivity contribution in [3.63, 3.8) is 0 Å². The summed E-state index contributed by atoms with van der Waals surface area (Å²) in [4.78, 5) is 0. The second kappa shape index (κ2) is 4.02. The third-order valence-electron chi connectivity index (χ3n) is 2.31. The second-order valence-corrected chi connectivity index (χ2v) is 3.38. The SMILES string of the molecule is NCC(F)(F)c1ccccc1-n1cccn1. The smallest absolute Gasteiger partial charge is 0.287 e. The summed E-state index contributed by atoms with van der Waals surface area (Å²) in [6.45, 7) is -0.717. The molecule has 2 N–H and O–H groups in total. The van der Waals surface area contributed by atoms with Crippen LogP contribution >= 0.6 is 0 Å². The minimum atomic E-state index is -3.04. The number of hydrogen-bond acceptors (Lipinski definition) is 2. The summed E-state index contributed by atoms with van der Waals surface area (Å²) < 4.78 is 28.5. The fourth-order valence-corrected chi connectivity index (χ4v) is 1.50. The molecule has 0 aliphatic heterocycles. The number of halogens is 2. The van der Waals surface area contributed by atoms with E-state index < -0.39 is 12.5 Å².